The zero-order valence-corrected chi connectivity index (χ0v) is 17.2. The smallest absolute Gasteiger partial charge is 0.252 e. The van der Waals surface area contributed by atoms with Crippen molar-refractivity contribution in [3.63, 3.8) is 0 Å². The molecular formula is C18H18Cl3N3OS. The molecule has 0 aliphatic heterocycles. The second-order valence-electron chi connectivity index (χ2n) is 5.73. The first-order valence-electron chi connectivity index (χ1n) is 7.74. The number of rotatable bonds is 4. The molecule has 0 spiro atoms. The first-order valence-corrected chi connectivity index (χ1v) is 9.28. The number of hydrogen-bond donors (Lipinski definition) is 3. The molecular weight excluding hydrogens is 413 g/mol. The van der Waals surface area contributed by atoms with Gasteiger partial charge >= 0.3 is 0 Å². The summed E-state index contributed by atoms with van der Waals surface area (Å²) in [5.41, 5.74) is 3.32. The van der Waals surface area contributed by atoms with Crippen molar-refractivity contribution in [2.24, 2.45) is 0 Å². The minimum atomic E-state index is -1.81. The van der Waals surface area contributed by atoms with E-state index in [0.717, 1.165) is 16.8 Å². The van der Waals surface area contributed by atoms with Crippen LogP contribution in [0.2, 0.25) is 0 Å². The fourth-order valence-electron chi connectivity index (χ4n) is 2.12. The average molecular weight is 431 g/mol. The Labute approximate surface area is 173 Å². The highest BCUT2D eigenvalue weighted by molar-refractivity contribution is 7.80. The first kappa shape index (κ1) is 20.8. The second-order valence-corrected chi connectivity index (χ2v) is 8.50. The summed E-state index contributed by atoms with van der Waals surface area (Å²) in [5, 5.41) is 8.74. The monoisotopic (exact) mass is 429 g/mol. The van der Waals surface area contributed by atoms with Crippen molar-refractivity contribution in [2.75, 3.05) is 5.32 Å². The Balaban J connectivity index is 2.07. The molecule has 1 unspecified atom stereocenters. The fourth-order valence-corrected chi connectivity index (χ4v) is 2.68. The topological polar surface area (TPSA) is 53.2 Å². The number of alkyl halides is 3. The van der Waals surface area contributed by atoms with Crippen LogP contribution in [0.25, 0.3) is 0 Å². The van der Waals surface area contributed by atoms with Gasteiger partial charge in [-0.25, -0.2) is 0 Å². The molecule has 0 aliphatic rings. The maximum absolute atomic E-state index is 12.4. The van der Waals surface area contributed by atoms with Gasteiger partial charge in [0.05, 0.1) is 0 Å². The number of para-hydroxylation sites is 1. The molecule has 4 nitrogen and oxygen atoms in total. The number of carbonyl (C=O) groups is 1. The third-order valence-electron chi connectivity index (χ3n) is 3.59. The quantitative estimate of drug-likeness (QED) is 0.373. The summed E-state index contributed by atoms with van der Waals surface area (Å²) in [7, 11) is 0. The van der Waals surface area contributed by atoms with E-state index in [9.17, 15) is 4.79 Å². The predicted molar refractivity (Wildman–Crippen MR) is 113 cm³/mol. The number of anilines is 1. The van der Waals surface area contributed by atoms with Crippen molar-refractivity contribution in [2.45, 2.75) is 23.8 Å². The summed E-state index contributed by atoms with van der Waals surface area (Å²) in [6, 6.07) is 14.7. The molecule has 138 valence electrons. The Morgan fingerprint density at radius 2 is 1.62 bits per heavy atom. The maximum Gasteiger partial charge on any atom is 0.252 e. The summed E-state index contributed by atoms with van der Waals surface area (Å²) in [6.45, 7) is 3.87. The molecule has 26 heavy (non-hydrogen) atoms. The second kappa shape index (κ2) is 8.91. The third kappa shape index (κ3) is 6.02. The van der Waals surface area contributed by atoms with Gasteiger partial charge in [-0.2, -0.15) is 0 Å². The molecule has 0 bridgehead atoms. The highest BCUT2D eigenvalue weighted by Crippen LogP contribution is 2.29. The van der Waals surface area contributed by atoms with Crippen molar-refractivity contribution in [1.29, 1.82) is 0 Å². The van der Waals surface area contributed by atoms with Crippen molar-refractivity contribution in [3.05, 3.63) is 65.2 Å². The minimum absolute atomic E-state index is 0.222. The number of benzene rings is 2. The van der Waals surface area contributed by atoms with Crippen molar-refractivity contribution in [3.8, 4) is 0 Å². The minimum Gasteiger partial charge on any atom is -0.339 e. The highest BCUT2D eigenvalue weighted by atomic mass is 35.6. The van der Waals surface area contributed by atoms with Crippen LogP contribution in [-0.4, -0.2) is 21.0 Å². The molecule has 2 aromatic rings. The lowest BCUT2D eigenvalue weighted by Gasteiger charge is -2.28. The Morgan fingerprint density at radius 3 is 2.19 bits per heavy atom. The lowest BCUT2D eigenvalue weighted by Crippen LogP contribution is -2.56. The van der Waals surface area contributed by atoms with Gasteiger partial charge in [0, 0.05) is 11.3 Å². The van der Waals surface area contributed by atoms with E-state index in [1.165, 1.54) is 0 Å². The zero-order valence-electron chi connectivity index (χ0n) is 14.1. The van der Waals surface area contributed by atoms with Gasteiger partial charge < -0.3 is 16.0 Å². The lowest BCUT2D eigenvalue weighted by molar-refractivity contribution is 0.0934. The molecule has 2 aromatic carbocycles. The Hall–Kier alpha value is -1.53. The molecule has 0 fully saturated rings. The number of thiocarbonyl (C=S) groups is 1. The molecule has 0 heterocycles. The summed E-state index contributed by atoms with van der Waals surface area (Å²) >= 11 is 23.3. The van der Waals surface area contributed by atoms with E-state index in [-0.39, 0.29) is 11.0 Å². The van der Waals surface area contributed by atoms with Gasteiger partial charge in [0.2, 0.25) is 3.79 Å². The van der Waals surface area contributed by atoms with Crippen LogP contribution in [-0.2, 0) is 0 Å². The van der Waals surface area contributed by atoms with Gasteiger partial charge in [0.25, 0.3) is 5.91 Å². The Bertz CT molecular complexity index is 791. The number of hydrogen-bond acceptors (Lipinski definition) is 2. The van der Waals surface area contributed by atoms with E-state index in [2.05, 4.69) is 16.0 Å². The van der Waals surface area contributed by atoms with Crippen molar-refractivity contribution < 1.29 is 4.79 Å². The van der Waals surface area contributed by atoms with E-state index in [1.807, 2.05) is 50.2 Å². The first-order chi connectivity index (χ1) is 12.2. The fraction of sp³-hybridized carbons (Fsp3) is 0.222. The number of aryl methyl sites for hydroxylation is 2. The van der Waals surface area contributed by atoms with Crippen LogP contribution in [0.4, 0.5) is 5.69 Å². The molecule has 2 rings (SSSR count). The normalized spacial score (nSPS) is 12.2. The van der Waals surface area contributed by atoms with Crippen LogP contribution in [0, 0.1) is 13.8 Å². The summed E-state index contributed by atoms with van der Waals surface area (Å²) in [5.74, 6) is -0.382. The van der Waals surface area contributed by atoms with Crippen LogP contribution in [0.5, 0.6) is 0 Å². The molecule has 0 aromatic heterocycles. The summed E-state index contributed by atoms with van der Waals surface area (Å²) in [4.78, 5) is 12.4. The lowest BCUT2D eigenvalue weighted by atomic mass is 10.1. The van der Waals surface area contributed by atoms with Gasteiger partial charge in [0.15, 0.2) is 5.11 Å². The molecule has 8 heteroatoms. The van der Waals surface area contributed by atoms with Crippen LogP contribution < -0.4 is 16.0 Å². The van der Waals surface area contributed by atoms with E-state index >= 15 is 0 Å². The van der Waals surface area contributed by atoms with E-state index in [4.69, 9.17) is 47.0 Å². The average Bonchev–Trinajstić information content (AvgIpc) is 2.56. The molecule has 0 aliphatic carbocycles. The molecule has 3 N–H and O–H groups in total. The van der Waals surface area contributed by atoms with E-state index in [0.29, 0.717) is 5.56 Å². The largest absolute Gasteiger partial charge is 0.339 e. The number of nitrogens with one attached hydrogen (secondary N) is 3. The van der Waals surface area contributed by atoms with Crippen molar-refractivity contribution in [1.82, 2.24) is 10.6 Å². The number of carbonyl (C=O) groups excluding carboxylic acids is 1. The number of halogens is 3. The zero-order chi connectivity index (χ0) is 19.3. The van der Waals surface area contributed by atoms with Crippen molar-refractivity contribution >= 4 is 63.7 Å². The molecule has 0 saturated heterocycles. The number of amides is 1. The third-order valence-corrected chi connectivity index (χ3v) is 4.46. The predicted octanol–water partition coefficient (Wildman–Crippen LogP) is 4.72. The van der Waals surface area contributed by atoms with Crippen LogP contribution in [0.15, 0.2) is 48.5 Å². The van der Waals surface area contributed by atoms with Gasteiger partial charge in [-0.05, 0) is 49.8 Å². The van der Waals surface area contributed by atoms with Gasteiger partial charge in [-0.3, -0.25) is 4.79 Å². The van der Waals surface area contributed by atoms with E-state index in [1.54, 1.807) is 12.1 Å². The summed E-state index contributed by atoms with van der Waals surface area (Å²) < 4.78 is -1.81. The highest BCUT2D eigenvalue weighted by Gasteiger charge is 2.34. The van der Waals surface area contributed by atoms with Crippen LogP contribution in [0.3, 0.4) is 0 Å². The SMILES string of the molecule is Cc1ccc(C(=O)NC(NC(=S)Nc2ccccc2C)C(Cl)(Cl)Cl)cc1. The van der Waals surface area contributed by atoms with Crippen LogP contribution in [0.1, 0.15) is 21.5 Å². The van der Waals surface area contributed by atoms with E-state index < -0.39 is 9.96 Å². The molecule has 1 atom stereocenters. The molecule has 1 amide bonds. The Morgan fingerprint density at radius 1 is 1.00 bits per heavy atom. The molecule has 0 saturated carbocycles. The molecule has 0 radical (unpaired) electrons. The van der Waals surface area contributed by atoms with Gasteiger partial charge in [0.1, 0.15) is 6.17 Å². The standard InChI is InChI=1S/C18H18Cl3N3OS/c1-11-7-9-13(10-8-11)15(25)23-16(18(19,20)21)24-17(26)22-14-6-4-3-5-12(14)2/h3-10,16H,1-2H3,(H,23,25)(H2,22,24,26). The Kier molecular flexibility index (Phi) is 7.12. The van der Waals surface area contributed by atoms with Crippen LogP contribution >= 0.6 is 47.0 Å². The van der Waals surface area contributed by atoms with Gasteiger partial charge in [-0.1, -0.05) is 70.7 Å². The van der Waals surface area contributed by atoms with Gasteiger partial charge in [-0.15, -0.1) is 0 Å². The summed E-state index contributed by atoms with van der Waals surface area (Å²) in [6.07, 6.45) is -1.02. The maximum atomic E-state index is 12.4.